The molecule has 2 rings (SSSR count). The van der Waals surface area contributed by atoms with Crippen LogP contribution in [0.4, 0.5) is 0 Å². The Morgan fingerprint density at radius 3 is 2.29 bits per heavy atom. The molecule has 11 heteroatoms. The van der Waals surface area contributed by atoms with Gasteiger partial charge in [-0.15, -0.1) is 0 Å². The van der Waals surface area contributed by atoms with Crippen molar-refractivity contribution in [3.05, 3.63) is 34.9 Å². The van der Waals surface area contributed by atoms with Crippen molar-refractivity contribution in [2.75, 3.05) is 0 Å². The Hall–Kier alpha value is -1.91. The van der Waals surface area contributed by atoms with Crippen molar-refractivity contribution in [3.63, 3.8) is 0 Å². The van der Waals surface area contributed by atoms with Gasteiger partial charge in [-0.2, -0.15) is 21.6 Å². The molecule has 1 unspecified atom stereocenters. The van der Waals surface area contributed by atoms with E-state index in [4.69, 9.17) is 14.6 Å². The van der Waals surface area contributed by atoms with E-state index in [-0.39, 0.29) is 11.1 Å². The molecule has 1 aromatic rings. The molecule has 0 aromatic heterocycles. The van der Waals surface area contributed by atoms with E-state index in [0.717, 1.165) is 18.2 Å². The maximum Gasteiger partial charge on any atom is 0.365 e. The summed E-state index contributed by atoms with van der Waals surface area (Å²) in [6.45, 7) is 0. The topological polar surface area (TPSA) is 162 Å². The first-order chi connectivity index (χ1) is 9.55. The molecule has 1 aromatic carbocycles. The molecule has 112 valence electrons. The monoisotopic (exact) mass is 332 g/mol. The standard InChI is InChI=1S/C10H8N2O7S2/c11-12-10-6-2-1-5(20(14,15)16)3-7(6)9(4-8(10)13)21(17,18)19/h1-3,9H,4H2,(H,14,15,16)(H,17,18,19). The quantitative estimate of drug-likeness (QED) is 0.432. The maximum absolute atomic E-state index is 11.7. The second kappa shape index (κ2) is 4.83. The highest BCUT2D eigenvalue weighted by Crippen LogP contribution is 2.34. The predicted molar refractivity (Wildman–Crippen MR) is 67.9 cm³/mol. The van der Waals surface area contributed by atoms with Crippen molar-refractivity contribution in [1.29, 1.82) is 0 Å². The van der Waals surface area contributed by atoms with Crippen LogP contribution in [0, 0.1) is 0 Å². The lowest BCUT2D eigenvalue weighted by molar-refractivity contribution is -0.117. The van der Waals surface area contributed by atoms with Gasteiger partial charge < -0.3 is 5.53 Å². The minimum atomic E-state index is -4.70. The molecular weight excluding hydrogens is 324 g/mol. The van der Waals surface area contributed by atoms with E-state index in [1.807, 2.05) is 0 Å². The van der Waals surface area contributed by atoms with Gasteiger partial charge in [0, 0.05) is 6.42 Å². The fourth-order valence-electron chi connectivity index (χ4n) is 2.08. The first kappa shape index (κ1) is 15.5. The molecule has 0 bridgehead atoms. The highest BCUT2D eigenvalue weighted by Gasteiger charge is 2.42. The van der Waals surface area contributed by atoms with Crippen molar-refractivity contribution >= 4 is 31.7 Å². The zero-order valence-corrected chi connectivity index (χ0v) is 11.8. The molecule has 1 aliphatic carbocycles. The van der Waals surface area contributed by atoms with Gasteiger partial charge in [0.05, 0.1) is 10.5 Å². The third-order valence-electron chi connectivity index (χ3n) is 3.02. The third kappa shape index (κ3) is 2.77. The largest absolute Gasteiger partial charge is 0.365 e. The Labute approximate surface area is 119 Å². The first-order valence-corrected chi connectivity index (χ1v) is 8.33. The van der Waals surface area contributed by atoms with E-state index >= 15 is 0 Å². The summed E-state index contributed by atoms with van der Waals surface area (Å²) in [5.41, 5.74) is 7.98. The normalized spacial score (nSPS) is 19.0. The molecule has 0 radical (unpaired) electrons. The average Bonchev–Trinajstić information content (AvgIpc) is 2.35. The second-order valence-corrected chi connectivity index (χ2v) is 7.32. The van der Waals surface area contributed by atoms with Crippen LogP contribution in [0.15, 0.2) is 23.1 Å². The number of ketones is 1. The zero-order chi connectivity index (χ0) is 16.0. The molecule has 2 N–H and O–H groups in total. The highest BCUT2D eigenvalue weighted by molar-refractivity contribution is 7.86. The number of hydrogen-bond donors (Lipinski definition) is 2. The number of carbonyl (C=O) groups is 1. The summed E-state index contributed by atoms with van der Waals surface area (Å²) in [5, 5.41) is -1.70. The van der Waals surface area contributed by atoms with Gasteiger partial charge in [0.25, 0.3) is 20.2 Å². The number of fused-ring (bicyclic) bond motifs is 1. The Morgan fingerprint density at radius 1 is 1.19 bits per heavy atom. The molecule has 0 saturated carbocycles. The summed E-state index contributed by atoms with van der Waals surface area (Å²) in [4.78, 5) is 13.8. The average molecular weight is 332 g/mol. The van der Waals surface area contributed by atoms with E-state index in [1.165, 1.54) is 0 Å². The Kier molecular flexibility index (Phi) is 3.56. The molecule has 0 aliphatic heterocycles. The van der Waals surface area contributed by atoms with Crippen molar-refractivity contribution in [1.82, 2.24) is 0 Å². The van der Waals surface area contributed by atoms with Crippen LogP contribution >= 0.6 is 0 Å². The summed E-state index contributed by atoms with van der Waals surface area (Å²) in [7, 11) is -9.31. The zero-order valence-electron chi connectivity index (χ0n) is 10.2. The van der Waals surface area contributed by atoms with E-state index in [2.05, 4.69) is 4.79 Å². The van der Waals surface area contributed by atoms with E-state index in [9.17, 15) is 21.6 Å². The van der Waals surface area contributed by atoms with Crippen LogP contribution in [-0.4, -0.2) is 42.2 Å². The number of nitrogens with zero attached hydrogens (tertiary/aromatic N) is 2. The van der Waals surface area contributed by atoms with Crippen molar-refractivity contribution in [3.8, 4) is 0 Å². The van der Waals surface area contributed by atoms with Crippen molar-refractivity contribution in [2.24, 2.45) is 0 Å². The van der Waals surface area contributed by atoms with Gasteiger partial charge in [-0.25, -0.2) is 0 Å². The minimum Gasteiger partial charge on any atom is -0.361 e. The van der Waals surface area contributed by atoms with Gasteiger partial charge in [0.2, 0.25) is 5.78 Å². The Morgan fingerprint density at radius 2 is 1.81 bits per heavy atom. The van der Waals surface area contributed by atoms with Gasteiger partial charge in [0.1, 0.15) is 5.25 Å². The number of hydrogen-bond acceptors (Lipinski definition) is 5. The summed E-state index contributed by atoms with van der Waals surface area (Å²) < 4.78 is 63.0. The fourth-order valence-corrected chi connectivity index (χ4v) is 3.48. The second-order valence-electron chi connectivity index (χ2n) is 4.30. The van der Waals surface area contributed by atoms with Crippen LogP contribution in [0.5, 0.6) is 0 Å². The highest BCUT2D eigenvalue weighted by atomic mass is 32.2. The van der Waals surface area contributed by atoms with Gasteiger partial charge in [0.15, 0.2) is 0 Å². The maximum atomic E-state index is 11.7. The molecule has 9 nitrogen and oxygen atoms in total. The van der Waals surface area contributed by atoms with Gasteiger partial charge in [-0.1, -0.05) is 0 Å². The van der Waals surface area contributed by atoms with Crippen LogP contribution in [-0.2, 0) is 25.0 Å². The molecule has 1 atom stereocenters. The van der Waals surface area contributed by atoms with Crippen LogP contribution in [0.1, 0.15) is 22.8 Å². The Bertz CT molecular complexity index is 895. The summed E-state index contributed by atoms with van der Waals surface area (Å²) in [5.74, 6) is -0.827. The number of Topliss-reactive ketones (excluding diaryl/α,β-unsaturated/α-hetero) is 1. The van der Waals surface area contributed by atoms with Crippen LogP contribution in [0.3, 0.4) is 0 Å². The molecule has 0 spiro atoms. The molecule has 21 heavy (non-hydrogen) atoms. The summed E-state index contributed by atoms with van der Waals surface area (Å²) in [6, 6.07) is 2.74. The number of rotatable bonds is 2. The van der Waals surface area contributed by atoms with Crippen LogP contribution < -0.4 is 0 Å². The lowest BCUT2D eigenvalue weighted by atomic mass is 9.89. The predicted octanol–water partition coefficient (Wildman–Crippen LogP) is -0.146. The first-order valence-electron chi connectivity index (χ1n) is 5.39. The fraction of sp³-hybridized carbons (Fsp3) is 0.200. The molecule has 0 saturated heterocycles. The van der Waals surface area contributed by atoms with Crippen LogP contribution in [0.25, 0.3) is 5.53 Å². The molecular formula is C10H8N2O7S2. The number of carbonyl (C=O) groups excluding carboxylic acids is 1. The van der Waals surface area contributed by atoms with Crippen LogP contribution in [0.2, 0.25) is 0 Å². The number of benzene rings is 1. The van der Waals surface area contributed by atoms with E-state index < -0.39 is 48.3 Å². The molecule has 1 aliphatic rings. The van der Waals surface area contributed by atoms with E-state index in [0.29, 0.717) is 0 Å². The van der Waals surface area contributed by atoms with Gasteiger partial charge >= 0.3 is 5.71 Å². The van der Waals surface area contributed by atoms with Gasteiger partial charge in [-0.05, 0) is 23.8 Å². The summed E-state index contributed by atoms with van der Waals surface area (Å²) in [6.07, 6.45) is -0.708. The lowest BCUT2D eigenvalue weighted by Gasteiger charge is -2.19. The smallest absolute Gasteiger partial charge is 0.361 e. The summed E-state index contributed by atoms with van der Waals surface area (Å²) >= 11 is 0. The Balaban J connectivity index is 2.83. The van der Waals surface area contributed by atoms with Gasteiger partial charge in [-0.3, -0.25) is 13.9 Å². The third-order valence-corrected chi connectivity index (χ3v) is 5.01. The van der Waals surface area contributed by atoms with Crippen molar-refractivity contribution < 1.29 is 35.5 Å². The molecule has 0 amide bonds. The lowest BCUT2D eigenvalue weighted by Crippen LogP contribution is -2.31. The SMILES string of the molecule is [N-]=[N+]=C1C(=O)CC(S(=O)(=O)O)c2cc(S(=O)(=O)O)ccc21. The van der Waals surface area contributed by atoms with Crippen molar-refractivity contribution in [2.45, 2.75) is 16.6 Å². The molecule has 0 fully saturated rings. The molecule has 0 heterocycles. The minimum absolute atomic E-state index is 0.135. The van der Waals surface area contributed by atoms with E-state index in [1.54, 1.807) is 0 Å².